The molecule has 1 aliphatic rings. The second-order valence-electron chi connectivity index (χ2n) is 4.67. The van der Waals surface area contributed by atoms with Crippen LogP contribution >= 0.6 is 0 Å². The molecule has 92 valence electrons. The van der Waals surface area contributed by atoms with Crippen LogP contribution in [0.1, 0.15) is 30.9 Å². The Morgan fingerprint density at radius 2 is 2.11 bits per heavy atom. The fourth-order valence-electron chi connectivity index (χ4n) is 1.82. The number of benzene rings is 1. The van der Waals surface area contributed by atoms with Crippen LogP contribution < -0.4 is 4.74 Å². The molecule has 0 atom stereocenters. The molecule has 18 heavy (non-hydrogen) atoms. The van der Waals surface area contributed by atoms with Gasteiger partial charge in [0.05, 0.1) is 0 Å². The molecule has 0 unspecified atom stereocenters. The largest absolute Gasteiger partial charge is 0.422 e. The van der Waals surface area contributed by atoms with Crippen LogP contribution in [0.15, 0.2) is 47.7 Å². The molecule has 1 aliphatic carbocycles. The van der Waals surface area contributed by atoms with E-state index < -0.39 is 0 Å². The molecule has 2 nitrogen and oxygen atoms in total. The second-order valence-corrected chi connectivity index (χ2v) is 4.67. The third-order valence-corrected chi connectivity index (χ3v) is 2.81. The van der Waals surface area contributed by atoms with Gasteiger partial charge in [-0.15, -0.1) is 5.73 Å². The number of aryl methyl sites for hydroxylation is 1. The van der Waals surface area contributed by atoms with Crippen LogP contribution in [0.2, 0.25) is 0 Å². The van der Waals surface area contributed by atoms with E-state index in [1.54, 1.807) is 18.2 Å². The van der Waals surface area contributed by atoms with Crippen LogP contribution in [0.4, 0.5) is 0 Å². The fourth-order valence-corrected chi connectivity index (χ4v) is 1.82. The number of esters is 1. The monoisotopic (exact) mass is 240 g/mol. The van der Waals surface area contributed by atoms with Crippen molar-refractivity contribution in [2.45, 2.75) is 26.7 Å². The molecule has 0 fully saturated rings. The molecule has 1 aromatic rings. The first-order chi connectivity index (χ1) is 8.58. The molecule has 0 heterocycles. The maximum Gasteiger partial charge on any atom is 0.351 e. The van der Waals surface area contributed by atoms with E-state index in [0.717, 1.165) is 11.1 Å². The van der Waals surface area contributed by atoms with Gasteiger partial charge in [-0.25, -0.2) is 4.79 Å². The zero-order valence-electron chi connectivity index (χ0n) is 10.9. The summed E-state index contributed by atoms with van der Waals surface area (Å²) in [6.45, 7) is 6.14. The molecule has 0 bridgehead atoms. The minimum atomic E-state index is -0.354. The highest BCUT2D eigenvalue weighted by atomic mass is 16.5. The molecule has 2 rings (SSSR count). The number of rotatable bonds is 3. The zero-order chi connectivity index (χ0) is 13.1. The van der Waals surface area contributed by atoms with Crippen LogP contribution in [0.5, 0.6) is 5.75 Å². The summed E-state index contributed by atoms with van der Waals surface area (Å²) < 4.78 is 5.46. The second kappa shape index (κ2) is 5.07. The molecule has 1 aromatic carbocycles. The van der Waals surface area contributed by atoms with Crippen molar-refractivity contribution in [2.24, 2.45) is 0 Å². The van der Waals surface area contributed by atoms with Gasteiger partial charge in [-0.05, 0) is 42.2 Å². The van der Waals surface area contributed by atoms with Gasteiger partial charge in [0, 0.05) is 0 Å². The van der Waals surface area contributed by atoms with Gasteiger partial charge in [0.25, 0.3) is 0 Å². The van der Waals surface area contributed by atoms with Gasteiger partial charge in [0.1, 0.15) is 11.3 Å². The highest BCUT2D eigenvalue weighted by molar-refractivity contribution is 5.93. The first-order valence-electron chi connectivity index (χ1n) is 6.04. The average molecular weight is 240 g/mol. The van der Waals surface area contributed by atoms with Crippen LogP contribution in [-0.2, 0) is 4.79 Å². The first-order valence-corrected chi connectivity index (χ1v) is 6.04. The maximum absolute atomic E-state index is 11.9. The Balaban J connectivity index is 2.28. The lowest BCUT2D eigenvalue weighted by atomic mass is 10.0. The van der Waals surface area contributed by atoms with Crippen molar-refractivity contribution in [3.05, 3.63) is 58.9 Å². The van der Waals surface area contributed by atoms with E-state index >= 15 is 0 Å². The van der Waals surface area contributed by atoms with Gasteiger partial charge in [-0.1, -0.05) is 32.1 Å². The SMILES string of the molecule is Cc1ccc(C(C)C)c(OC(=O)C2=C=CC=C2)c1. The Kier molecular flexibility index (Phi) is 3.50. The van der Waals surface area contributed by atoms with Gasteiger partial charge in [0.15, 0.2) is 0 Å². The maximum atomic E-state index is 11.9. The molecule has 2 heteroatoms. The van der Waals surface area contributed by atoms with Crippen molar-refractivity contribution in [2.75, 3.05) is 0 Å². The molecule has 0 saturated heterocycles. The summed E-state index contributed by atoms with van der Waals surface area (Å²) >= 11 is 0. The summed E-state index contributed by atoms with van der Waals surface area (Å²) in [6, 6.07) is 5.94. The first kappa shape index (κ1) is 12.4. The number of ether oxygens (including phenoxy) is 1. The van der Waals surface area contributed by atoms with Crippen LogP contribution in [0.25, 0.3) is 0 Å². The molecule has 0 saturated carbocycles. The van der Waals surface area contributed by atoms with Gasteiger partial charge < -0.3 is 4.74 Å². The summed E-state index contributed by atoms with van der Waals surface area (Å²) in [5.74, 6) is 0.606. The average Bonchev–Trinajstić information content (AvgIpc) is 2.81. The smallest absolute Gasteiger partial charge is 0.351 e. The third-order valence-electron chi connectivity index (χ3n) is 2.81. The molecule has 0 amide bonds. The van der Waals surface area contributed by atoms with Crippen LogP contribution in [0.3, 0.4) is 0 Å². The minimum absolute atomic E-state index is 0.317. The molecule has 0 aliphatic heterocycles. The molecule has 0 aromatic heterocycles. The third kappa shape index (κ3) is 2.61. The van der Waals surface area contributed by atoms with Gasteiger partial charge in [-0.3, -0.25) is 0 Å². The highest BCUT2D eigenvalue weighted by Crippen LogP contribution is 2.28. The van der Waals surface area contributed by atoms with E-state index in [1.165, 1.54) is 0 Å². The van der Waals surface area contributed by atoms with E-state index in [2.05, 4.69) is 19.6 Å². The summed E-state index contributed by atoms with van der Waals surface area (Å²) in [7, 11) is 0. The van der Waals surface area contributed by atoms with E-state index in [1.807, 2.05) is 25.1 Å². The van der Waals surface area contributed by atoms with Gasteiger partial charge in [0.2, 0.25) is 0 Å². The number of carbonyl (C=O) groups is 1. The van der Waals surface area contributed by atoms with Gasteiger partial charge >= 0.3 is 5.97 Å². The predicted molar refractivity (Wildman–Crippen MR) is 71.6 cm³/mol. The molecule has 0 spiro atoms. The Morgan fingerprint density at radius 3 is 2.72 bits per heavy atom. The molecule has 0 radical (unpaired) electrons. The summed E-state index contributed by atoms with van der Waals surface area (Å²) in [6.07, 6.45) is 5.18. The Morgan fingerprint density at radius 1 is 1.33 bits per heavy atom. The number of hydrogen-bond acceptors (Lipinski definition) is 2. The van der Waals surface area contributed by atoms with Crippen molar-refractivity contribution in [1.29, 1.82) is 0 Å². The summed E-state index contributed by atoms with van der Waals surface area (Å²) in [5, 5.41) is 0. The topological polar surface area (TPSA) is 26.3 Å². The van der Waals surface area contributed by atoms with E-state index in [9.17, 15) is 4.79 Å². The summed E-state index contributed by atoms with van der Waals surface area (Å²) in [4.78, 5) is 11.9. The lowest BCUT2D eigenvalue weighted by molar-refractivity contribution is -0.129. The van der Waals surface area contributed by atoms with Crippen molar-refractivity contribution in [1.82, 2.24) is 0 Å². The Hall–Kier alpha value is -2.05. The van der Waals surface area contributed by atoms with Crippen molar-refractivity contribution < 1.29 is 9.53 Å². The van der Waals surface area contributed by atoms with E-state index in [4.69, 9.17) is 4.74 Å². The van der Waals surface area contributed by atoms with Crippen LogP contribution in [0, 0.1) is 6.92 Å². The Bertz CT molecular complexity index is 571. The van der Waals surface area contributed by atoms with E-state index in [0.29, 0.717) is 17.2 Å². The molecule has 0 N–H and O–H groups in total. The zero-order valence-corrected chi connectivity index (χ0v) is 10.9. The molecular weight excluding hydrogens is 224 g/mol. The van der Waals surface area contributed by atoms with Crippen molar-refractivity contribution >= 4 is 5.97 Å². The van der Waals surface area contributed by atoms with Crippen molar-refractivity contribution in [3.63, 3.8) is 0 Å². The number of hydrogen-bond donors (Lipinski definition) is 0. The molecular formula is C16H16O2. The lowest BCUT2D eigenvalue weighted by Crippen LogP contribution is -2.10. The highest BCUT2D eigenvalue weighted by Gasteiger charge is 2.15. The fraction of sp³-hybridized carbons (Fsp3) is 0.250. The van der Waals surface area contributed by atoms with Gasteiger partial charge in [-0.2, -0.15) is 0 Å². The predicted octanol–water partition coefficient (Wildman–Crippen LogP) is 3.68. The van der Waals surface area contributed by atoms with Crippen molar-refractivity contribution in [3.8, 4) is 5.75 Å². The van der Waals surface area contributed by atoms with E-state index in [-0.39, 0.29) is 5.97 Å². The normalized spacial score (nSPS) is 13.0. The summed E-state index contributed by atoms with van der Waals surface area (Å²) in [5.41, 5.74) is 5.43. The number of allylic oxidation sites excluding steroid dienone is 1. The minimum Gasteiger partial charge on any atom is -0.422 e. The Labute approximate surface area is 107 Å². The lowest BCUT2D eigenvalue weighted by Gasteiger charge is -2.13. The van der Waals surface area contributed by atoms with Crippen LogP contribution in [-0.4, -0.2) is 5.97 Å². The number of carbonyl (C=O) groups excluding carboxylic acids is 1. The standard InChI is InChI=1S/C16H16O2/c1-11(2)14-9-8-12(3)10-15(14)18-16(17)13-6-4-5-7-13/h4-6,8-11H,1-3H3. The quantitative estimate of drug-likeness (QED) is 0.457.